The second-order valence-electron chi connectivity index (χ2n) is 5.53. The molecule has 1 aliphatic rings. The molecule has 0 aromatic heterocycles. The number of hydrogen-bond donors (Lipinski definition) is 0. The highest BCUT2D eigenvalue weighted by Crippen LogP contribution is 2.32. The summed E-state index contributed by atoms with van der Waals surface area (Å²) < 4.78 is 6.01. The van der Waals surface area contributed by atoms with E-state index in [0.29, 0.717) is 5.69 Å². The Kier molecular flexibility index (Phi) is 4.80. The number of nitro benzene ring substituents is 1. The number of ether oxygens (including phenoxy) is 1. The fourth-order valence-corrected chi connectivity index (χ4v) is 3.10. The lowest BCUT2D eigenvalue weighted by Crippen LogP contribution is -2.27. The van der Waals surface area contributed by atoms with Crippen molar-refractivity contribution in [2.24, 2.45) is 5.92 Å². The second-order valence-corrected chi connectivity index (χ2v) is 6.38. The number of para-hydroxylation sites is 1. The number of hydrogen-bond acceptors (Lipinski definition) is 5. The number of rotatable bonds is 4. The van der Waals surface area contributed by atoms with Crippen LogP contribution in [0.25, 0.3) is 0 Å². The summed E-state index contributed by atoms with van der Waals surface area (Å²) in [6, 6.07) is 12.5. The van der Waals surface area contributed by atoms with Gasteiger partial charge in [-0.3, -0.25) is 19.7 Å². The lowest BCUT2D eigenvalue weighted by Gasteiger charge is -2.18. The Morgan fingerprint density at radius 1 is 1.20 bits per heavy atom. The molecule has 2 aromatic carbocycles. The first-order valence-corrected chi connectivity index (χ1v) is 8.26. The molecule has 0 bridgehead atoms. The van der Waals surface area contributed by atoms with Crippen LogP contribution in [-0.4, -0.2) is 23.3 Å². The zero-order chi connectivity index (χ0) is 18.0. The van der Waals surface area contributed by atoms with E-state index in [1.807, 2.05) is 18.2 Å². The van der Waals surface area contributed by atoms with Crippen LogP contribution in [0.5, 0.6) is 5.75 Å². The largest absolute Gasteiger partial charge is 0.426 e. The van der Waals surface area contributed by atoms with Gasteiger partial charge in [0.15, 0.2) is 0 Å². The molecule has 1 saturated heterocycles. The average molecular weight is 405 g/mol. The predicted molar refractivity (Wildman–Crippen MR) is 93.3 cm³/mol. The molecular weight excluding hydrogens is 392 g/mol. The van der Waals surface area contributed by atoms with E-state index in [0.717, 1.165) is 4.47 Å². The minimum absolute atomic E-state index is 0.0626. The summed E-state index contributed by atoms with van der Waals surface area (Å²) in [5, 5.41) is 10.6. The number of benzene rings is 2. The maximum Gasteiger partial charge on any atom is 0.316 e. The number of non-ortho nitro benzene ring substituents is 1. The monoisotopic (exact) mass is 404 g/mol. The van der Waals surface area contributed by atoms with Crippen LogP contribution in [-0.2, 0) is 9.59 Å². The molecular formula is C17H13BrN2O5. The lowest BCUT2D eigenvalue weighted by atomic mass is 10.1. The van der Waals surface area contributed by atoms with Crippen molar-refractivity contribution in [1.82, 2.24) is 0 Å². The summed E-state index contributed by atoms with van der Waals surface area (Å²) in [4.78, 5) is 36.2. The van der Waals surface area contributed by atoms with Crippen molar-refractivity contribution in [3.63, 3.8) is 0 Å². The fraction of sp³-hybridized carbons (Fsp3) is 0.176. The quantitative estimate of drug-likeness (QED) is 0.337. The molecule has 25 heavy (non-hydrogen) atoms. The maximum atomic E-state index is 12.3. The van der Waals surface area contributed by atoms with Crippen molar-refractivity contribution in [1.29, 1.82) is 0 Å². The van der Waals surface area contributed by atoms with Gasteiger partial charge in [-0.15, -0.1) is 0 Å². The Labute approximate surface area is 151 Å². The van der Waals surface area contributed by atoms with Gasteiger partial charge in [0.2, 0.25) is 5.91 Å². The molecule has 0 aliphatic carbocycles. The zero-order valence-corrected chi connectivity index (χ0v) is 14.5. The average Bonchev–Trinajstić information content (AvgIpc) is 2.97. The fourth-order valence-electron chi connectivity index (χ4n) is 2.60. The van der Waals surface area contributed by atoms with E-state index in [4.69, 9.17) is 4.74 Å². The van der Waals surface area contributed by atoms with E-state index in [1.54, 1.807) is 11.0 Å². The van der Waals surface area contributed by atoms with Gasteiger partial charge in [-0.05, 0) is 40.2 Å². The smallest absolute Gasteiger partial charge is 0.316 e. The Morgan fingerprint density at radius 2 is 1.88 bits per heavy atom. The van der Waals surface area contributed by atoms with Gasteiger partial charge >= 0.3 is 5.97 Å². The Morgan fingerprint density at radius 3 is 2.52 bits per heavy atom. The molecule has 2 aromatic rings. The minimum atomic E-state index is -0.588. The van der Waals surface area contributed by atoms with Gasteiger partial charge in [0.1, 0.15) is 5.75 Å². The van der Waals surface area contributed by atoms with Crippen LogP contribution in [0, 0.1) is 16.0 Å². The highest BCUT2D eigenvalue weighted by molar-refractivity contribution is 9.10. The number of carbonyl (C=O) groups is 2. The Hall–Kier alpha value is -2.74. The van der Waals surface area contributed by atoms with E-state index in [-0.39, 0.29) is 30.3 Å². The first kappa shape index (κ1) is 17.1. The van der Waals surface area contributed by atoms with Crippen LogP contribution < -0.4 is 9.64 Å². The maximum absolute atomic E-state index is 12.3. The molecule has 8 heteroatoms. The summed E-state index contributed by atoms with van der Waals surface area (Å²) in [5.74, 6) is -1.06. The first-order valence-electron chi connectivity index (χ1n) is 7.47. The minimum Gasteiger partial charge on any atom is -0.426 e. The topological polar surface area (TPSA) is 89.7 Å². The van der Waals surface area contributed by atoms with Crippen molar-refractivity contribution in [2.45, 2.75) is 6.42 Å². The van der Waals surface area contributed by atoms with Gasteiger partial charge in [0, 0.05) is 29.6 Å². The number of amides is 1. The molecule has 128 valence electrons. The van der Waals surface area contributed by atoms with Gasteiger partial charge in [-0.1, -0.05) is 12.1 Å². The van der Waals surface area contributed by atoms with E-state index in [1.165, 1.54) is 24.3 Å². The third-order valence-electron chi connectivity index (χ3n) is 3.87. The van der Waals surface area contributed by atoms with Crippen molar-refractivity contribution >= 4 is 39.2 Å². The SMILES string of the molecule is O=C(Oc1ccc([N+](=O)[O-])cc1)C1CC(=O)N(c2ccccc2Br)C1. The molecule has 1 amide bonds. The molecule has 1 heterocycles. The van der Waals surface area contributed by atoms with Crippen molar-refractivity contribution in [3.05, 3.63) is 63.1 Å². The summed E-state index contributed by atoms with van der Waals surface area (Å²) in [7, 11) is 0. The molecule has 7 nitrogen and oxygen atoms in total. The molecule has 0 saturated carbocycles. The molecule has 1 fully saturated rings. The van der Waals surface area contributed by atoms with E-state index in [2.05, 4.69) is 15.9 Å². The number of nitro groups is 1. The Bertz CT molecular complexity index is 837. The standard InChI is InChI=1S/C17H13BrN2O5/c18-14-3-1-2-4-15(14)19-10-11(9-16(19)21)17(22)25-13-7-5-12(6-8-13)20(23)24/h1-8,11H,9-10H2. The summed E-state index contributed by atoms with van der Waals surface area (Å²) in [5.41, 5.74) is 0.620. The molecule has 3 rings (SSSR count). The summed E-state index contributed by atoms with van der Waals surface area (Å²) >= 11 is 3.40. The van der Waals surface area contributed by atoms with Gasteiger partial charge in [0.25, 0.3) is 5.69 Å². The van der Waals surface area contributed by atoms with Gasteiger partial charge in [-0.2, -0.15) is 0 Å². The van der Waals surface area contributed by atoms with Crippen LogP contribution in [0.4, 0.5) is 11.4 Å². The van der Waals surface area contributed by atoms with Crippen LogP contribution in [0.15, 0.2) is 53.0 Å². The summed E-state index contributed by atoms with van der Waals surface area (Å²) in [6.45, 7) is 0.229. The second kappa shape index (κ2) is 7.02. The number of nitrogens with zero attached hydrogens (tertiary/aromatic N) is 2. The number of esters is 1. The van der Waals surface area contributed by atoms with Crippen LogP contribution in [0.3, 0.4) is 0 Å². The normalized spacial score (nSPS) is 16.8. The molecule has 1 unspecified atom stereocenters. The van der Waals surface area contributed by atoms with Crippen LogP contribution >= 0.6 is 15.9 Å². The van der Waals surface area contributed by atoms with Crippen molar-refractivity contribution < 1.29 is 19.2 Å². The lowest BCUT2D eigenvalue weighted by molar-refractivity contribution is -0.384. The molecule has 0 spiro atoms. The third-order valence-corrected chi connectivity index (χ3v) is 4.54. The predicted octanol–water partition coefficient (Wildman–Crippen LogP) is 3.32. The van der Waals surface area contributed by atoms with Crippen LogP contribution in [0.1, 0.15) is 6.42 Å². The number of carbonyl (C=O) groups excluding carboxylic acids is 2. The highest BCUT2D eigenvalue weighted by atomic mass is 79.9. The van der Waals surface area contributed by atoms with Gasteiger partial charge in [0.05, 0.1) is 16.5 Å². The Balaban J connectivity index is 1.68. The molecule has 1 atom stereocenters. The van der Waals surface area contributed by atoms with Gasteiger partial charge < -0.3 is 9.64 Å². The molecule has 0 radical (unpaired) electrons. The van der Waals surface area contributed by atoms with Crippen molar-refractivity contribution in [2.75, 3.05) is 11.4 Å². The first-order chi connectivity index (χ1) is 12.0. The van der Waals surface area contributed by atoms with Gasteiger partial charge in [-0.25, -0.2) is 0 Å². The third kappa shape index (κ3) is 3.69. The van der Waals surface area contributed by atoms with E-state index >= 15 is 0 Å². The molecule has 0 N–H and O–H groups in total. The van der Waals surface area contributed by atoms with E-state index in [9.17, 15) is 19.7 Å². The zero-order valence-electron chi connectivity index (χ0n) is 12.9. The van der Waals surface area contributed by atoms with E-state index < -0.39 is 16.8 Å². The summed E-state index contributed by atoms with van der Waals surface area (Å²) in [6.07, 6.45) is 0.0626. The van der Waals surface area contributed by atoms with Crippen LogP contribution in [0.2, 0.25) is 0 Å². The number of anilines is 1. The molecule has 1 aliphatic heterocycles. The number of halogens is 1. The highest BCUT2D eigenvalue weighted by Gasteiger charge is 2.37. The van der Waals surface area contributed by atoms with Crippen molar-refractivity contribution in [3.8, 4) is 5.75 Å².